The van der Waals surface area contributed by atoms with Crippen molar-refractivity contribution >= 4 is 5.91 Å². The van der Waals surface area contributed by atoms with Crippen LogP contribution in [0.25, 0.3) is 0 Å². The van der Waals surface area contributed by atoms with E-state index in [0.717, 1.165) is 0 Å². The van der Waals surface area contributed by atoms with Crippen molar-refractivity contribution in [3.8, 4) is 0 Å². The molecular formula is C13H25NO3. The van der Waals surface area contributed by atoms with Crippen LogP contribution in [0.15, 0.2) is 0 Å². The summed E-state index contributed by atoms with van der Waals surface area (Å²) < 4.78 is 4.89. The van der Waals surface area contributed by atoms with Gasteiger partial charge in [0, 0.05) is 26.2 Å². The van der Waals surface area contributed by atoms with Gasteiger partial charge in [0.05, 0.1) is 6.61 Å². The molecule has 1 aliphatic rings. The van der Waals surface area contributed by atoms with Crippen LogP contribution in [0, 0.1) is 5.92 Å². The summed E-state index contributed by atoms with van der Waals surface area (Å²) in [5.74, 6) is 0.582. The van der Waals surface area contributed by atoms with Gasteiger partial charge in [-0.3, -0.25) is 4.79 Å². The number of amides is 1. The van der Waals surface area contributed by atoms with Crippen LogP contribution >= 0.6 is 0 Å². The van der Waals surface area contributed by atoms with Crippen molar-refractivity contribution in [2.45, 2.75) is 51.0 Å². The predicted octanol–water partition coefficient (Wildman–Crippen LogP) is 1.47. The van der Waals surface area contributed by atoms with Crippen molar-refractivity contribution in [1.82, 2.24) is 5.32 Å². The first kappa shape index (κ1) is 14.5. The minimum Gasteiger partial charge on any atom is -0.396 e. The van der Waals surface area contributed by atoms with Gasteiger partial charge in [-0.25, -0.2) is 0 Å². The highest BCUT2D eigenvalue weighted by Gasteiger charge is 2.24. The Morgan fingerprint density at radius 2 is 2.12 bits per heavy atom. The average molecular weight is 243 g/mol. The molecule has 1 atom stereocenters. The van der Waals surface area contributed by atoms with Crippen LogP contribution in [0.1, 0.15) is 44.9 Å². The largest absolute Gasteiger partial charge is 0.396 e. The Kier molecular flexibility index (Phi) is 7.21. The van der Waals surface area contributed by atoms with Crippen LogP contribution in [-0.2, 0) is 9.53 Å². The van der Waals surface area contributed by atoms with E-state index in [4.69, 9.17) is 9.84 Å². The first-order valence-electron chi connectivity index (χ1n) is 6.67. The van der Waals surface area contributed by atoms with Gasteiger partial charge in [-0.05, 0) is 25.2 Å². The van der Waals surface area contributed by atoms with Crippen molar-refractivity contribution < 1.29 is 14.6 Å². The van der Waals surface area contributed by atoms with Crippen LogP contribution in [-0.4, -0.2) is 37.4 Å². The zero-order valence-corrected chi connectivity index (χ0v) is 10.8. The fraction of sp³-hybridized carbons (Fsp3) is 0.923. The molecule has 1 amide bonds. The van der Waals surface area contributed by atoms with E-state index >= 15 is 0 Å². The maximum absolute atomic E-state index is 11.7. The van der Waals surface area contributed by atoms with Gasteiger partial charge in [0.1, 0.15) is 0 Å². The summed E-state index contributed by atoms with van der Waals surface area (Å²) in [7, 11) is 1.60. The normalized spacial score (nSPS) is 18.9. The highest BCUT2D eigenvalue weighted by Crippen LogP contribution is 2.27. The first-order valence-corrected chi connectivity index (χ1v) is 6.67. The smallest absolute Gasteiger partial charge is 0.222 e. The Morgan fingerprint density at radius 3 is 2.71 bits per heavy atom. The first-order chi connectivity index (χ1) is 8.27. The standard InChI is InChI=1S/C13H25NO3/c1-17-10-8-13(16)14-12(7-9-15)11-5-3-2-4-6-11/h11-12,15H,2-10H2,1H3,(H,14,16). The van der Waals surface area contributed by atoms with E-state index < -0.39 is 0 Å². The predicted molar refractivity (Wildman–Crippen MR) is 66.7 cm³/mol. The van der Waals surface area contributed by atoms with E-state index in [0.29, 0.717) is 25.4 Å². The summed E-state index contributed by atoms with van der Waals surface area (Å²) in [5, 5.41) is 12.1. The second kappa shape index (κ2) is 8.48. The fourth-order valence-electron chi connectivity index (χ4n) is 2.58. The van der Waals surface area contributed by atoms with E-state index in [1.807, 2.05) is 0 Å². The molecule has 0 spiro atoms. The second-order valence-corrected chi connectivity index (χ2v) is 4.83. The number of carbonyl (C=O) groups excluding carboxylic acids is 1. The van der Waals surface area contributed by atoms with Gasteiger partial charge < -0.3 is 15.2 Å². The Morgan fingerprint density at radius 1 is 1.41 bits per heavy atom. The molecule has 0 saturated heterocycles. The van der Waals surface area contributed by atoms with Crippen LogP contribution < -0.4 is 5.32 Å². The van der Waals surface area contributed by atoms with E-state index in [9.17, 15) is 4.79 Å². The van der Waals surface area contributed by atoms with Crippen molar-refractivity contribution in [2.24, 2.45) is 5.92 Å². The van der Waals surface area contributed by atoms with Gasteiger partial charge in [-0.1, -0.05) is 19.3 Å². The lowest BCUT2D eigenvalue weighted by molar-refractivity contribution is -0.123. The van der Waals surface area contributed by atoms with E-state index in [1.54, 1.807) is 7.11 Å². The third-order valence-corrected chi connectivity index (χ3v) is 3.54. The van der Waals surface area contributed by atoms with Gasteiger partial charge in [0.2, 0.25) is 5.91 Å². The molecule has 1 saturated carbocycles. The monoisotopic (exact) mass is 243 g/mol. The maximum atomic E-state index is 11.7. The topological polar surface area (TPSA) is 58.6 Å². The summed E-state index contributed by atoms with van der Waals surface area (Å²) in [6.07, 6.45) is 7.24. The molecule has 4 nitrogen and oxygen atoms in total. The number of methoxy groups -OCH3 is 1. The summed E-state index contributed by atoms with van der Waals surface area (Å²) in [4.78, 5) is 11.7. The zero-order valence-electron chi connectivity index (χ0n) is 10.8. The maximum Gasteiger partial charge on any atom is 0.222 e. The quantitative estimate of drug-likeness (QED) is 0.712. The van der Waals surface area contributed by atoms with Crippen LogP contribution in [0.2, 0.25) is 0 Å². The van der Waals surface area contributed by atoms with Gasteiger partial charge in [0.15, 0.2) is 0 Å². The van der Waals surface area contributed by atoms with Crippen molar-refractivity contribution in [3.63, 3.8) is 0 Å². The summed E-state index contributed by atoms with van der Waals surface area (Å²) in [6.45, 7) is 0.605. The van der Waals surface area contributed by atoms with Gasteiger partial charge in [-0.15, -0.1) is 0 Å². The Balaban J connectivity index is 2.38. The molecule has 4 heteroatoms. The number of hydrogen-bond acceptors (Lipinski definition) is 3. The zero-order chi connectivity index (χ0) is 12.5. The molecule has 0 bridgehead atoms. The molecule has 0 aromatic rings. The average Bonchev–Trinajstić information content (AvgIpc) is 2.37. The highest BCUT2D eigenvalue weighted by molar-refractivity contribution is 5.76. The molecule has 0 radical (unpaired) electrons. The summed E-state index contributed by atoms with van der Waals surface area (Å²) in [5.41, 5.74) is 0. The van der Waals surface area contributed by atoms with E-state index in [2.05, 4.69) is 5.32 Å². The molecule has 0 aromatic carbocycles. The minimum absolute atomic E-state index is 0.0378. The van der Waals surface area contributed by atoms with Gasteiger partial charge in [-0.2, -0.15) is 0 Å². The number of aliphatic hydroxyl groups is 1. The van der Waals surface area contributed by atoms with Crippen LogP contribution in [0.3, 0.4) is 0 Å². The SMILES string of the molecule is COCCC(=O)NC(CCO)C1CCCCC1. The molecule has 1 rings (SSSR count). The van der Waals surface area contributed by atoms with Gasteiger partial charge in [0.25, 0.3) is 0 Å². The molecule has 2 N–H and O–H groups in total. The number of nitrogens with one attached hydrogen (secondary N) is 1. The molecule has 17 heavy (non-hydrogen) atoms. The molecular weight excluding hydrogens is 218 g/mol. The molecule has 0 heterocycles. The fourth-order valence-corrected chi connectivity index (χ4v) is 2.58. The number of aliphatic hydroxyl groups excluding tert-OH is 1. The highest BCUT2D eigenvalue weighted by atomic mass is 16.5. The third-order valence-electron chi connectivity index (χ3n) is 3.54. The molecule has 1 aliphatic carbocycles. The van der Waals surface area contributed by atoms with Crippen molar-refractivity contribution in [2.75, 3.05) is 20.3 Å². The van der Waals surface area contributed by atoms with Crippen LogP contribution in [0.4, 0.5) is 0 Å². The lowest BCUT2D eigenvalue weighted by Crippen LogP contribution is -2.42. The minimum atomic E-state index is 0.0378. The Labute approximate surface area is 104 Å². The van der Waals surface area contributed by atoms with Crippen molar-refractivity contribution in [3.05, 3.63) is 0 Å². The van der Waals surface area contributed by atoms with E-state index in [1.165, 1.54) is 32.1 Å². The number of rotatable bonds is 7. The lowest BCUT2D eigenvalue weighted by Gasteiger charge is -2.30. The van der Waals surface area contributed by atoms with Crippen LogP contribution in [0.5, 0.6) is 0 Å². The number of ether oxygens (including phenoxy) is 1. The molecule has 0 aliphatic heterocycles. The molecule has 1 unspecified atom stereocenters. The number of hydrogen-bond donors (Lipinski definition) is 2. The third kappa shape index (κ3) is 5.50. The Hall–Kier alpha value is -0.610. The van der Waals surface area contributed by atoms with Crippen molar-refractivity contribution in [1.29, 1.82) is 0 Å². The summed E-state index contributed by atoms with van der Waals surface area (Å²) >= 11 is 0. The molecule has 100 valence electrons. The van der Waals surface area contributed by atoms with E-state index in [-0.39, 0.29) is 18.6 Å². The lowest BCUT2D eigenvalue weighted by atomic mass is 9.82. The number of carbonyl (C=O) groups is 1. The van der Waals surface area contributed by atoms with Gasteiger partial charge >= 0.3 is 0 Å². The second-order valence-electron chi connectivity index (χ2n) is 4.83. The molecule has 0 aromatic heterocycles. The Bertz CT molecular complexity index is 215. The molecule has 1 fully saturated rings. The summed E-state index contributed by atoms with van der Waals surface area (Å²) in [6, 6.07) is 0.143.